The summed E-state index contributed by atoms with van der Waals surface area (Å²) in [5, 5.41) is 14.5. The van der Waals surface area contributed by atoms with Crippen LogP contribution in [0.15, 0.2) is 73.3 Å². The third-order valence-electron chi connectivity index (χ3n) is 7.30. The molecule has 40 heavy (non-hydrogen) atoms. The number of nitrogens with two attached hydrogens (primary N) is 1. The van der Waals surface area contributed by atoms with Crippen LogP contribution in [0.1, 0.15) is 40.4 Å². The molecule has 0 aliphatic carbocycles. The first-order valence-electron chi connectivity index (χ1n) is 12.9. The minimum absolute atomic E-state index is 0.0525. The van der Waals surface area contributed by atoms with Crippen LogP contribution in [0.4, 0.5) is 5.82 Å². The molecule has 6 rings (SSSR count). The van der Waals surface area contributed by atoms with Crippen LogP contribution >= 0.6 is 0 Å². The number of pyridine rings is 2. The van der Waals surface area contributed by atoms with Crippen LogP contribution in [-0.2, 0) is 4.79 Å². The van der Waals surface area contributed by atoms with Gasteiger partial charge in [-0.2, -0.15) is 9.61 Å². The van der Waals surface area contributed by atoms with Crippen LogP contribution in [0.2, 0.25) is 0 Å². The van der Waals surface area contributed by atoms with Crippen molar-refractivity contribution in [3.05, 3.63) is 90.1 Å². The minimum Gasteiger partial charge on any atom is -0.505 e. The van der Waals surface area contributed by atoms with E-state index >= 15 is 0 Å². The Labute approximate surface area is 229 Å². The van der Waals surface area contributed by atoms with Crippen LogP contribution in [-0.4, -0.2) is 59.5 Å². The maximum atomic E-state index is 13.0. The summed E-state index contributed by atoms with van der Waals surface area (Å²) in [6.07, 6.45) is 8.73. The summed E-state index contributed by atoms with van der Waals surface area (Å²) in [4.78, 5) is 39.5. The SMILES string of the molecule is Nc1c(C=C=O)c(C2CCN(C(=O)c3ccncc3O)CC2)nc2c(-c3ccc(-c4ccccc4)nc3)cnn12. The molecule has 1 aliphatic heterocycles. The van der Waals surface area contributed by atoms with Crippen LogP contribution in [0.5, 0.6) is 5.75 Å². The van der Waals surface area contributed by atoms with Gasteiger partial charge in [-0.15, -0.1) is 0 Å². The number of carbonyl (C=O) groups excluding carboxylic acids is 2. The van der Waals surface area contributed by atoms with Gasteiger partial charge in [0.15, 0.2) is 5.65 Å². The number of amides is 1. The standard InChI is InChI=1S/C30H25N7O3/c31-28-23(11-15-38)27(20-9-13-36(14-10-20)30(40)22-8-12-32-18-26(22)39)35-29-24(17-34-37(28)29)21-6-7-25(33-16-21)19-4-2-1-3-5-19/h1-8,11-12,16-18,20,39H,9-10,13-14,31H2. The summed E-state index contributed by atoms with van der Waals surface area (Å²) in [7, 11) is 0. The molecular weight excluding hydrogens is 506 g/mol. The van der Waals surface area contributed by atoms with Gasteiger partial charge in [-0.1, -0.05) is 36.4 Å². The number of piperidine rings is 1. The number of likely N-dealkylation sites (tertiary alicyclic amines) is 1. The van der Waals surface area contributed by atoms with Gasteiger partial charge in [0, 0.05) is 59.7 Å². The molecule has 1 aromatic carbocycles. The number of fused-ring (bicyclic) bond motifs is 1. The molecule has 0 unspecified atom stereocenters. The molecule has 198 valence electrons. The van der Waals surface area contributed by atoms with Gasteiger partial charge in [-0.05, 0) is 25.0 Å². The highest BCUT2D eigenvalue weighted by atomic mass is 16.3. The van der Waals surface area contributed by atoms with Gasteiger partial charge in [0.25, 0.3) is 5.91 Å². The summed E-state index contributed by atoms with van der Waals surface area (Å²) >= 11 is 0. The zero-order valence-electron chi connectivity index (χ0n) is 21.4. The number of nitrogens with zero attached hydrogens (tertiary/aromatic N) is 6. The van der Waals surface area contributed by atoms with E-state index < -0.39 is 0 Å². The Hall–Kier alpha value is -5.34. The average Bonchev–Trinajstić information content (AvgIpc) is 3.43. The molecule has 3 N–H and O–H groups in total. The molecule has 0 radical (unpaired) electrons. The lowest BCUT2D eigenvalue weighted by atomic mass is 9.90. The molecule has 0 bridgehead atoms. The van der Waals surface area contributed by atoms with E-state index in [1.165, 1.54) is 29.1 Å². The Balaban J connectivity index is 1.32. The second kappa shape index (κ2) is 10.4. The Morgan fingerprint density at radius 1 is 1.02 bits per heavy atom. The zero-order valence-corrected chi connectivity index (χ0v) is 21.4. The van der Waals surface area contributed by atoms with Crippen LogP contribution in [0, 0.1) is 0 Å². The molecule has 10 heteroatoms. The molecule has 5 aromatic rings. The van der Waals surface area contributed by atoms with Gasteiger partial charge in [0.2, 0.25) is 0 Å². The van der Waals surface area contributed by atoms with Crippen molar-refractivity contribution in [1.82, 2.24) is 29.5 Å². The second-order valence-electron chi connectivity index (χ2n) is 9.61. The smallest absolute Gasteiger partial charge is 0.257 e. The number of benzene rings is 1. The summed E-state index contributed by atoms with van der Waals surface area (Å²) in [6, 6.07) is 15.4. The fraction of sp³-hybridized carbons (Fsp3) is 0.167. The summed E-state index contributed by atoms with van der Waals surface area (Å²) in [5.74, 6) is 1.69. The fourth-order valence-corrected chi connectivity index (χ4v) is 5.19. The van der Waals surface area contributed by atoms with Gasteiger partial charge in [0.05, 0.1) is 29.3 Å². The molecule has 10 nitrogen and oxygen atoms in total. The lowest BCUT2D eigenvalue weighted by Gasteiger charge is -2.32. The van der Waals surface area contributed by atoms with E-state index in [-0.39, 0.29) is 23.1 Å². The van der Waals surface area contributed by atoms with Gasteiger partial charge in [0.1, 0.15) is 17.5 Å². The average molecular weight is 532 g/mol. The molecule has 4 aromatic heterocycles. The van der Waals surface area contributed by atoms with E-state index in [0.717, 1.165) is 22.4 Å². The molecule has 1 saturated heterocycles. The minimum atomic E-state index is -0.251. The molecule has 0 atom stereocenters. The third-order valence-corrected chi connectivity index (χ3v) is 7.30. The van der Waals surface area contributed by atoms with E-state index in [9.17, 15) is 14.7 Å². The number of nitrogen functional groups attached to an aromatic ring is 1. The largest absolute Gasteiger partial charge is 0.505 e. The number of hydrogen-bond acceptors (Lipinski definition) is 8. The lowest BCUT2D eigenvalue weighted by molar-refractivity contribution is 0.0709. The number of anilines is 1. The molecule has 1 amide bonds. The first kappa shape index (κ1) is 25.0. The van der Waals surface area contributed by atoms with E-state index in [1.54, 1.807) is 17.3 Å². The first-order chi connectivity index (χ1) is 19.5. The Kier molecular flexibility index (Phi) is 6.51. The van der Waals surface area contributed by atoms with Crippen molar-refractivity contribution in [3.8, 4) is 28.1 Å². The van der Waals surface area contributed by atoms with Gasteiger partial charge in [-0.3, -0.25) is 14.8 Å². The van der Waals surface area contributed by atoms with Crippen LogP contribution < -0.4 is 5.73 Å². The van der Waals surface area contributed by atoms with Gasteiger partial charge >= 0.3 is 0 Å². The van der Waals surface area contributed by atoms with Gasteiger partial charge < -0.3 is 15.7 Å². The summed E-state index contributed by atoms with van der Waals surface area (Å²) in [6.45, 7) is 0.915. The van der Waals surface area contributed by atoms with Crippen molar-refractivity contribution >= 4 is 29.4 Å². The Bertz CT molecular complexity index is 1750. The Morgan fingerprint density at radius 2 is 1.82 bits per heavy atom. The molecule has 0 spiro atoms. The third kappa shape index (κ3) is 4.46. The molecule has 0 saturated carbocycles. The van der Waals surface area contributed by atoms with E-state index in [0.29, 0.717) is 48.7 Å². The van der Waals surface area contributed by atoms with Crippen molar-refractivity contribution in [2.75, 3.05) is 18.8 Å². The first-order valence-corrected chi connectivity index (χ1v) is 12.9. The van der Waals surface area contributed by atoms with Crippen LogP contribution in [0.3, 0.4) is 0 Å². The highest BCUT2D eigenvalue weighted by Gasteiger charge is 2.29. The predicted octanol–water partition coefficient (Wildman–Crippen LogP) is 4.01. The van der Waals surface area contributed by atoms with Crippen molar-refractivity contribution in [1.29, 1.82) is 0 Å². The van der Waals surface area contributed by atoms with Crippen molar-refractivity contribution < 1.29 is 14.7 Å². The number of aromatic hydroxyl groups is 1. The summed E-state index contributed by atoms with van der Waals surface area (Å²) in [5.41, 5.74) is 11.9. The van der Waals surface area contributed by atoms with Gasteiger partial charge in [-0.25, -0.2) is 9.78 Å². The highest BCUT2D eigenvalue weighted by molar-refractivity contribution is 5.96. The number of rotatable bonds is 5. The van der Waals surface area contributed by atoms with E-state index in [1.807, 2.05) is 48.4 Å². The molecular formula is C30H25N7O3. The fourth-order valence-electron chi connectivity index (χ4n) is 5.19. The number of hydrogen-bond donors (Lipinski definition) is 2. The number of aromatic nitrogens is 5. The second-order valence-corrected chi connectivity index (χ2v) is 9.61. The maximum absolute atomic E-state index is 13.0. The van der Waals surface area contributed by atoms with E-state index in [4.69, 9.17) is 10.7 Å². The normalized spacial score (nSPS) is 13.8. The monoisotopic (exact) mass is 531 g/mol. The quantitative estimate of drug-likeness (QED) is 0.324. The molecule has 1 aliphatic rings. The zero-order chi connectivity index (χ0) is 27.6. The van der Waals surface area contributed by atoms with E-state index in [2.05, 4.69) is 15.1 Å². The maximum Gasteiger partial charge on any atom is 0.257 e. The topological polar surface area (TPSA) is 140 Å². The lowest BCUT2D eigenvalue weighted by Crippen LogP contribution is -2.38. The predicted molar refractivity (Wildman–Crippen MR) is 150 cm³/mol. The van der Waals surface area contributed by atoms with Crippen molar-refractivity contribution in [2.45, 2.75) is 18.8 Å². The van der Waals surface area contributed by atoms with Crippen molar-refractivity contribution in [2.24, 2.45) is 0 Å². The molecule has 5 heterocycles. The van der Waals surface area contributed by atoms with Crippen molar-refractivity contribution in [3.63, 3.8) is 0 Å². The highest BCUT2D eigenvalue weighted by Crippen LogP contribution is 2.35. The van der Waals surface area contributed by atoms with Crippen LogP contribution in [0.25, 0.3) is 34.1 Å². The molecule has 1 fully saturated rings. The summed E-state index contributed by atoms with van der Waals surface area (Å²) < 4.78 is 1.53. The number of carbonyl (C=O) groups is 1. The Morgan fingerprint density at radius 3 is 2.52 bits per heavy atom.